The van der Waals surface area contributed by atoms with Gasteiger partial charge in [-0.3, -0.25) is 19.2 Å². The van der Waals surface area contributed by atoms with E-state index in [0.717, 1.165) is 0 Å². The second-order valence-corrected chi connectivity index (χ2v) is 14.6. The zero-order valence-corrected chi connectivity index (χ0v) is 30.9. The van der Waals surface area contributed by atoms with E-state index < -0.39 is 65.6 Å². The Hall–Kier alpha value is -4.03. The fourth-order valence-corrected chi connectivity index (χ4v) is 8.47. The first-order chi connectivity index (χ1) is 25.0. The maximum atomic E-state index is 14.9. The van der Waals surface area contributed by atoms with Crippen LogP contribution in [0.5, 0.6) is 0 Å². The number of halogens is 1. The monoisotopic (exact) mass is 735 g/mol. The van der Waals surface area contributed by atoms with E-state index in [4.69, 9.17) is 25.8 Å². The van der Waals surface area contributed by atoms with Gasteiger partial charge in [0.15, 0.2) is 0 Å². The van der Waals surface area contributed by atoms with Gasteiger partial charge in [-0.2, -0.15) is 0 Å². The van der Waals surface area contributed by atoms with Gasteiger partial charge in [0.05, 0.1) is 53.9 Å². The molecule has 1 spiro atoms. The number of hydrogen-bond donors (Lipinski definition) is 2. The van der Waals surface area contributed by atoms with Crippen LogP contribution in [-0.4, -0.2) is 90.4 Å². The van der Waals surface area contributed by atoms with E-state index in [1.165, 1.54) is 16.9 Å². The van der Waals surface area contributed by atoms with Crippen molar-refractivity contribution < 1.29 is 38.5 Å². The number of hydrogen-bond acceptors (Lipinski definition) is 8. The first-order valence-corrected chi connectivity index (χ1v) is 18.3. The van der Waals surface area contributed by atoms with Gasteiger partial charge in [-0.25, -0.2) is 0 Å². The van der Waals surface area contributed by atoms with Crippen molar-refractivity contribution in [1.29, 1.82) is 0 Å². The Bertz CT molecular complexity index is 1620. The highest BCUT2D eigenvalue weighted by atomic mass is 35.5. The van der Waals surface area contributed by atoms with Crippen molar-refractivity contribution in [3.8, 4) is 0 Å². The molecule has 2 aromatic rings. The van der Waals surface area contributed by atoms with Crippen molar-refractivity contribution in [2.45, 2.75) is 81.9 Å². The lowest BCUT2D eigenvalue weighted by molar-refractivity contribution is -0.163. The minimum Gasteiger partial charge on any atom is -0.455 e. The summed E-state index contributed by atoms with van der Waals surface area (Å²) in [5, 5.41) is 14.0. The van der Waals surface area contributed by atoms with Gasteiger partial charge in [0.25, 0.3) is 5.91 Å². The van der Waals surface area contributed by atoms with Crippen molar-refractivity contribution in [1.82, 2.24) is 10.2 Å². The molecule has 0 unspecified atom stereocenters. The van der Waals surface area contributed by atoms with Gasteiger partial charge in [0.1, 0.15) is 17.7 Å². The van der Waals surface area contributed by atoms with Crippen LogP contribution >= 0.6 is 11.6 Å². The fourth-order valence-electron chi connectivity index (χ4n) is 8.23. The number of ether oxygens (including phenoxy) is 3. The molecule has 3 heterocycles. The third-order valence-electron chi connectivity index (χ3n) is 10.3. The predicted molar refractivity (Wildman–Crippen MR) is 197 cm³/mol. The van der Waals surface area contributed by atoms with Crippen LogP contribution in [0.25, 0.3) is 0 Å². The minimum atomic E-state index is -1.36. The standard InChI is InChI=1S/C40H50ClN3O8/c1-6-8-18-32(46)42-29(24-50-5)35(26-14-10-9-11-15-26)51-39(49)33-31-19-20-40(52-31)34(33)37(47)44(27(23-45)22-25(3)4)36(40)38(48)43(21-7-2)30-17-13-12-16-28(30)41/h6-7,9-17,25,27,29,31,33-36,45H,1-2,8,18-24H2,3-5H3,(H,42,46)/t27-,29-,31+,33-,34-,35-,36+,40-/m1/s1. The van der Waals surface area contributed by atoms with E-state index in [0.29, 0.717) is 42.0 Å². The second-order valence-electron chi connectivity index (χ2n) is 14.2. The Labute approximate surface area is 310 Å². The van der Waals surface area contributed by atoms with Crippen molar-refractivity contribution in [2.24, 2.45) is 17.8 Å². The number of amides is 3. The number of fused-ring (bicyclic) bond motifs is 1. The lowest BCUT2D eigenvalue weighted by Crippen LogP contribution is -2.59. The van der Waals surface area contributed by atoms with Crippen LogP contribution in [0.2, 0.25) is 5.02 Å². The molecule has 3 aliphatic rings. The number of nitrogens with one attached hydrogen (secondary N) is 1. The van der Waals surface area contributed by atoms with E-state index in [2.05, 4.69) is 18.5 Å². The van der Waals surface area contributed by atoms with Gasteiger partial charge < -0.3 is 34.4 Å². The molecular formula is C40H50ClN3O8. The zero-order valence-electron chi connectivity index (χ0n) is 30.1. The van der Waals surface area contributed by atoms with E-state index in [1.54, 1.807) is 48.6 Å². The number of rotatable bonds is 18. The molecule has 0 aromatic heterocycles. The summed E-state index contributed by atoms with van der Waals surface area (Å²) in [5.74, 6) is -3.83. The average molecular weight is 736 g/mol. The first-order valence-electron chi connectivity index (χ1n) is 17.9. The summed E-state index contributed by atoms with van der Waals surface area (Å²) in [7, 11) is 1.50. The topological polar surface area (TPSA) is 135 Å². The van der Waals surface area contributed by atoms with Crippen LogP contribution in [0.4, 0.5) is 5.69 Å². The largest absolute Gasteiger partial charge is 0.455 e. The smallest absolute Gasteiger partial charge is 0.313 e. The van der Waals surface area contributed by atoms with Crippen LogP contribution in [0.3, 0.4) is 0 Å². The molecule has 0 aliphatic carbocycles. The number of aliphatic hydroxyl groups excluding tert-OH is 1. The molecule has 52 heavy (non-hydrogen) atoms. The number of anilines is 1. The number of carbonyl (C=O) groups is 4. The summed E-state index contributed by atoms with van der Waals surface area (Å²) < 4.78 is 18.5. The van der Waals surface area contributed by atoms with Crippen molar-refractivity contribution in [3.63, 3.8) is 0 Å². The number of allylic oxidation sites excluding steroid dienone is 1. The number of likely N-dealkylation sites (tertiary alicyclic amines) is 1. The Kier molecular flexibility index (Phi) is 13.0. The molecule has 8 atom stereocenters. The molecule has 0 saturated carbocycles. The molecule has 280 valence electrons. The highest BCUT2D eigenvalue weighted by Gasteiger charge is 2.76. The van der Waals surface area contributed by atoms with Gasteiger partial charge in [-0.15, -0.1) is 13.2 Å². The number of aliphatic hydroxyl groups is 1. The summed E-state index contributed by atoms with van der Waals surface area (Å²) in [5.41, 5.74) is -0.287. The molecule has 5 rings (SSSR count). The molecule has 2 N–H and O–H groups in total. The van der Waals surface area contributed by atoms with Crippen LogP contribution < -0.4 is 10.2 Å². The average Bonchev–Trinajstić information content (AvgIpc) is 3.78. The quantitative estimate of drug-likeness (QED) is 0.161. The number of nitrogens with zero attached hydrogens (tertiary/aromatic N) is 2. The van der Waals surface area contributed by atoms with Gasteiger partial charge >= 0.3 is 5.97 Å². The molecule has 0 radical (unpaired) electrons. The van der Waals surface area contributed by atoms with Crippen molar-refractivity contribution in [3.05, 3.63) is 90.5 Å². The highest BCUT2D eigenvalue weighted by Crippen LogP contribution is 2.59. The summed E-state index contributed by atoms with van der Waals surface area (Å²) >= 11 is 6.60. The molecular weight excluding hydrogens is 686 g/mol. The summed E-state index contributed by atoms with van der Waals surface area (Å²) in [6.45, 7) is 11.3. The first kappa shape index (κ1) is 39.2. The Morgan fingerprint density at radius 2 is 1.85 bits per heavy atom. The van der Waals surface area contributed by atoms with E-state index in [9.17, 15) is 24.3 Å². The lowest BCUT2D eigenvalue weighted by Gasteiger charge is -2.39. The van der Waals surface area contributed by atoms with Gasteiger partial charge in [0, 0.05) is 20.1 Å². The molecule has 3 fully saturated rings. The second kappa shape index (κ2) is 17.2. The number of benzene rings is 2. The summed E-state index contributed by atoms with van der Waals surface area (Å²) in [6, 6.07) is 13.4. The van der Waals surface area contributed by atoms with Crippen LogP contribution in [0, 0.1) is 17.8 Å². The SMILES string of the molecule is C=CCCC(=O)N[C@H](COC)[C@H](OC(=O)[C@@H]1[C@@H]2CC[C@]3(O2)[C@H](C(=O)N(CC=C)c2ccccc2Cl)N([C@@H](CO)CC(C)C)C(=O)[C@@H]13)c1ccccc1. The van der Waals surface area contributed by atoms with Crippen molar-refractivity contribution >= 4 is 41.0 Å². The molecule has 3 aliphatic heterocycles. The molecule has 12 heteroatoms. The molecule has 3 saturated heterocycles. The lowest BCUT2D eigenvalue weighted by atomic mass is 9.70. The van der Waals surface area contributed by atoms with Crippen LogP contribution in [-0.2, 0) is 33.4 Å². The summed E-state index contributed by atoms with van der Waals surface area (Å²) in [4.78, 5) is 60.2. The minimum absolute atomic E-state index is 0.0441. The number of carbonyl (C=O) groups excluding carboxylic acids is 4. The summed E-state index contributed by atoms with van der Waals surface area (Å²) in [6.07, 6.45) is 3.43. The number of methoxy groups -OCH3 is 1. The van der Waals surface area contributed by atoms with Crippen molar-refractivity contribution in [2.75, 3.05) is 31.8 Å². The molecule has 2 bridgehead atoms. The zero-order chi connectivity index (χ0) is 37.6. The van der Waals surface area contributed by atoms with E-state index in [1.807, 2.05) is 32.0 Å². The van der Waals surface area contributed by atoms with E-state index >= 15 is 0 Å². The third kappa shape index (κ3) is 7.69. The maximum Gasteiger partial charge on any atom is 0.313 e. The van der Waals surface area contributed by atoms with Gasteiger partial charge in [0.2, 0.25) is 11.8 Å². The predicted octanol–water partition coefficient (Wildman–Crippen LogP) is 5.02. The number of para-hydroxylation sites is 1. The normalized spacial score (nSPS) is 25.0. The Balaban J connectivity index is 1.54. The van der Waals surface area contributed by atoms with Gasteiger partial charge in [-0.1, -0.05) is 80.1 Å². The highest BCUT2D eigenvalue weighted by molar-refractivity contribution is 6.34. The number of esters is 1. The fraction of sp³-hybridized carbons (Fsp3) is 0.500. The van der Waals surface area contributed by atoms with Crippen LogP contribution in [0.1, 0.15) is 57.6 Å². The Morgan fingerprint density at radius 1 is 1.13 bits per heavy atom. The molecule has 2 aromatic carbocycles. The van der Waals surface area contributed by atoms with E-state index in [-0.39, 0.29) is 38.0 Å². The van der Waals surface area contributed by atoms with Crippen LogP contribution in [0.15, 0.2) is 79.9 Å². The molecule has 3 amide bonds. The van der Waals surface area contributed by atoms with Gasteiger partial charge in [-0.05, 0) is 49.3 Å². The maximum absolute atomic E-state index is 14.9. The molecule has 11 nitrogen and oxygen atoms in total. The third-order valence-corrected chi connectivity index (χ3v) is 10.6. The Morgan fingerprint density at radius 3 is 2.48 bits per heavy atom.